The average Bonchev–Trinajstić information content (AvgIpc) is 3.75. The van der Waals surface area contributed by atoms with Gasteiger partial charge in [-0.3, -0.25) is 14.3 Å². The number of hydrogen-bond acceptors (Lipinski definition) is 8. The number of benzene rings is 1. The van der Waals surface area contributed by atoms with Crippen LogP contribution in [-0.4, -0.2) is 71.9 Å². The molecule has 250 valence electrons. The SMILES string of the molecule is C=CC(=O)N1CCn2nc(-c3nc(N4CCC(=C/C)/C(=C\NC=O)C4)c4ccsc4c3-c3c(F)cc(F)cc3OCCOC)cc2C1C. The van der Waals surface area contributed by atoms with Crippen molar-refractivity contribution in [3.8, 4) is 28.3 Å². The number of allylic oxidation sites excluding steroid dienone is 1. The molecule has 0 radical (unpaired) electrons. The van der Waals surface area contributed by atoms with Crippen LogP contribution in [-0.2, 0) is 20.9 Å². The standard InChI is InChI=1S/C35H36F2N6O4S/c1-5-22-7-9-41(19-23(22)18-38-20-44)35-25-8-14-48-34(25)32(31-26(37)15-24(36)16-29(31)47-13-12-46-4)33(39-35)27-17-28-21(3)42(30(45)6-2)10-11-43(28)40-27/h5-6,8,14-18,20-21H,2,7,9-13,19H2,1,3-4H3,(H,38,44)/b22-5-,23-18-. The van der Waals surface area contributed by atoms with Crippen molar-refractivity contribution in [3.63, 3.8) is 0 Å². The molecule has 13 heteroatoms. The predicted molar refractivity (Wildman–Crippen MR) is 182 cm³/mol. The normalized spacial score (nSPS) is 18.0. The van der Waals surface area contributed by atoms with E-state index >= 15 is 4.39 Å². The van der Waals surface area contributed by atoms with E-state index in [9.17, 15) is 14.0 Å². The first-order valence-corrected chi connectivity index (χ1v) is 16.5. The third-order valence-corrected chi connectivity index (χ3v) is 9.69. The number of thiophene rings is 1. The predicted octanol–water partition coefficient (Wildman–Crippen LogP) is 6.01. The van der Waals surface area contributed by atoms with Crippen molar-refractivity contribution >= 4 is 39.6 Å². The average molecular weight is 675 g/mol. The zero-order valence-corrected chi connectivity index (χ0v) is 27.8. The molecule has 1 fully saturated rings. The van der Waals surface area contributed by atoms with Gasteiger partial charge in [-0.25, -0.2) is 13.8 Å². The van der Waals surface area contributed by atoms with Crippen LogP contribution in [0.3, 0.4) is 0 Å². The van der Waals surface area contributed by atoms with Crippen LogP contribution in [0, 0.1) is 11.6 Å². The van der Waals surface area contributed by atoms with Crippen molar-refractivity contribution in [1.29, 1.82) is 0 Å². The summed E-state index contributed by atoms with van der Waals surface area (Å²) < 4.78 is 44.4. The number of pyridine rings is 1. The maximum atomic E-state index is 16.1. The number of halogens is 2. The summed E-state index contributed by atoms with van der Waals surface area (Å²) in [5.41, 5.74) is 4.24. The number of anilines is 1. The Kier molecular flexibility index (Phi) is 9.69. The molecule has 0 aliphatic carbocycles. The number of carbonyl (C=O) groups excluding carboxylic acids is 2. The molecule has 2 aliphatic heterocycles. The Morgan fingerprint density at radius 1 is 1.17 bits per heavy atom. The second kappa shape index (κ2) is 14.1. The van der Waals surface area contributed by atoms with E-state index in [1.165, 1.54) is 30.6 Å². The number of carbonyl (C=O) groups is 2. The van der Waals surface area contributed by atoms with Gasteiger partial charge >= 0.3 is 0 Å². The molecule has 1 aromatic carbocycles. The molecule has 2 amide bonds. The van der Waals surface area contributed by atoms with E-state index in [2.05, 4.69) is 16.8 Å². The maximum absolute atomic E-state index is 16.1. The van der Waals surface area contributed by atoms with Gasteiger partial charge in [-0.15, -0.1) is 11.3 Å². The van der Waals surface area contributed by atoms with Crippen LogP contribution in [0.5, 0.6) is 5.75 Å². The van der Waals surface area contributed by atoms with Crippen LogP contribution < -0.4 is 15.0 Å². The summed E-state index contributed by atoms with van der Waals surface area (Å²) in [6, 6.07) is 5.54. The Balaban J connectivity index is 1.59. The minimum absolute atomic E-state index is 0.0241. The summed E-state index contributed by atoms with van der Waals surface area (Å²) in [6.45, 7) is 9.87. The summed E-state index contributed by atoms with van der Waals surface area (Å²) in [5, 5.41) is 10.3. The van der Waals surface area contributed by atoms with Gasteiger partial charge < -0.3 is 24.6 Å². The van der Waals surface area contributed by atoms with Gasteiger partial charge in [0.1, 0.15) is 41.2 Å². The number of rotatable bonds is 10. The lowest BCUT2D eigenvalue weighted by Crippen LogP contribution is -2.40. The molecule has 0 bridgehead atoms. The summed E-state index contributed by atoms with van der Waals surface area (Å²) in [5.74, 6) is -1.05. The number of hydrogen-bond donors (Lipinski definition) is 1. The van der Waals surface area contributed by atoms with Gasteiger partial charge in [-0.2, -0.15) is 5.10 Å². The highest BCUT2D eigenvalue weighted by Gasteiger charge is 2.32. The van der Waals surface area contributed by atoms with Crippen LogP contribution in [0.1, 0.15) is 32.0 Å². The molecule has 5 heterocycles. The molecule has 1 N–H and O–H groups in total. The fourth-order valence-electron chi connectivity index (χ4n) is 6.43. The van der Waals surface area contributed by atoms with Crippen LogP contribution in [0.2, 0.25) is 0 Å². The van der Waals surface area contributed by atoms with E-state index < -0.39 is 11.6 Å². The van der Waals surface area contributed by atoms with Crippen LogP contribution in [0.4, 0.5) is 14.6 Å². The van der Waals surface area contributed by atoms with Crippen molar-refractivity contribution in [2.24, 2.45) is 0 Å². The lowest BCUT2D eigenvalue weighted by molar-refractivity contribution is -0.129. The molecule has 3 aromatic heterocycles. The van der Waals surface area contributed by atoms with E-state index in [-0.39, 0.29) is 36.5 Å². The number of amides is 2. The van der Waals surface area contributed by atoms with Gasteiger partial charge in [-0.05, 0) is 55.0 Å². The molecular formula is C35H36F2N6O4S. The molecule has 0 saturated carbocycles. The highest BCUT2D eigenvalue weighted by atomic mass is 32.1. The minimum Gasteiger partial charge on any atom is -0.490 e. The molecule has 1 atom stereocenters. The van der Waals surface area contributed by atoms with E-state index in [1.54, 1.807) is 11.1 Å². The van der Waals surface area contributed by atoms with Crippen molar-refractivity contribution < 1.29 is 27.8 Å². The van der Waals surface area contributed by atoms with Gasteiger partial charge in [-0.1, -0.05) is 12.7 Å². The molecule has 1 unspecified atom stereocenters. The molecule has 0 spiro atoms. The lowest BCUT2D eigenvalue weighted by atomic mass is 9.96. The summed E-state index contributed by atoms with van der Waals surface area (Å²) >= 11 is 1.42. The van der Waals surface area contributed by atoms with E-state index in [1.807, 2.05) is 42.1 Å². The van der Waals surface area contributed by atoms with Gasteiger partial charge in [0, 0.05) is 60.7 Å². The third kappa shape index (κ3) is 6.11. The number of methoxy groups -OCH3 is 1. The summed E-state index contributed by atoms with van der Waals surface area (Å²) in [6.07, 6.45) is 6.40. The fraction of sp³-hybridized carbons (Fsp3) is 0.314. The number of nitrogens with zero attached hydrogens (tertiary/aromatic N) is 5. The summed E-state index contributed by atoms with van der Waals surface area (Å²) in [7, 11) is 1.52. The molecule has 48 heavy (non-hydrogen) atoms. The number of fused-ring (bicyclic) bond motifs is 2. The van der Waals surface area contributed by atoms with Crippen molar-refractivity contribution in [2.75, 3.05) is 44.9 Å². The first-order valence-electron chi connectivity index (χ1n) is 15.6. The minimum atomic E-state index is -0.797. The van der Waals surface area contributed by atoms with E-state index in [0.717, 1.165) is 39.4 Å². The summed E-state index contributed by atoms with van der Waals surface area (Å²) in [4.78, 5) is 32.9. The highest BCUT2D eigenvalue weighted by molar-refractivity contribution is 7.18. The van der Waals surface area contributed by atoms with Gasteiger partial charge in [0.25, 0.3) is 0 Å². The third-order valence-electron chi connectivity index (χ3n) is 8.76. The topological polar surface area (TPSA) is 102 Å². The lowest BCUT2D eigenvalue weighted by Gasteiger charge is -2.33. The Morgan fingerprint density at radius 3 is 2.75 bits per heavy atom. The van der Waals surface area contributed by atoms with Crippen molar-refractivity contribution in [3.05, 3.63) is 83.1 Å². The van der Waals surface area contributed by atoms with Crippen LogP contribution >= 0.6 is 11.3 Å². The Labute approximate surface area is 280 Å². The monoisotopic (exact) mass is 674 g/mol. The Hall–Kier alpha value is -4.88. The largest absolute Gasteiger partial charge is 0.490 e. The first kappa shape index (κ1) is 33.0. The number of piperidine rings is 1. The zero-order chi connectivity index (χ0) is 33.9. The Morgan fingerprint density at radius 2 is 2.00 bits per heavy atom. The number of aromatic nitrogens is 3. The smallest absolute Gasteiger partial charge is 0.246 e. The molecule has 4 aromatic rings. The van der Waals surface area contributed by atoms with Crippen LogP contribution in [0.25, 0.3) is 32.6 Å². The maximum Gasteiger partial charge on any atom is 0.246 e. The molecular weight excluding hydrogens is 638 g/mol. The van der Waals surface area contributed by atoms with Crippen LogP contribution in [0.15, 0.2) is 65.7 Å². The first-order chi connectivity index (χ1) is 23.3. The number of ether oxygens (including phenoxy) is 2. The quantitative estimate of drug-likeness (QED) is 0.125. The molecule has 10 nitrogen and oxygen atoms in total. The molecule has 6 rings (SSSR count). The Bertz CT molecular complexity index is 1950. The molecule has 2 aliphatic rings. The number of nitrogens with one attached hydrogen (secondary N) is 1. The van der Waals surface area contributed by atoms with E-state index in [4.69, 9.17) is 19.6 Å². The fourth-order valence-corrected chi connectivity index (χ4v) is 7.37. The molecule has 1 saturated heterocycles. The van der Waals surface area contributed by atoms with Crippen molar-refractivity contribution in [2.45, 2.75) is 32.9 Å². The van der Waals surface area contributed by atoms with Crippen molar-refractivity contribution in [1.82, 2.24) is 25.0 Å². The zero-order valence-electron chi connectivity index (χ0n) is 27.0. The van der Waals surface area contributed by atoms with Gasteiger partial charge in [0.15, 0.2) is 0 Å². The van der Waals surface area contributed by atoms with Gasteiger partial charge in [0.05, 0.1) is 30.5 Å². The highest BCUT2D eigenvalue weighted by Crippen LogP contribution is 2.48. The second-order valence-corrected chi connectivity index (χ2v) is 12.4. The second-order valence-electron chi connectivity index (χ2n) is 11.5. The van der Waals surface area contributed by atoms with Gasteiger partial charge in [0.2, 0.25) is 12.3 Å². The van der Waals surface area contributed by atoms with E-state index in [0.29, 0.717) is 55.4 Å².